The molecule has 1 N–H and O–H groups in total. The lowest BCUT2D eigenvalue weighted by atomic mass is 9.99. The number of nitrogens with one attached hydrogen (secondary N) is 1. The lowest BCUT2D eigenvalue weighted by Crippen LogP contribution is -2.29. The molecule has 112 valence electrons. The van der Waals surface area contributed by atoms with Crippen LogP contribution in [0.15, 0.2) is 23.6 Å². The van der Waals surface area contributed by atoms with E-state index >= 15 is 0 Å². The molecule has 3 rings (SSSR count). The van der Waals surface area contributed by atoms with Gasteiger partial charge in [0.15, 0.2) is 0 Å². The summed E-state index contributed by atoms with van der Waals surface area (Å²) in [6.45, 7) is 4.93. The van der Waals surface area contributed by atoms with Crippen LogP contribution in [0.2, 0.25) is 0 Å². The van der Waals surface area contributed by atoms with E-state index in [1.807, 2.05) is 19.1 Å². The van der Waals surface area contributed by atoms with Gasteiger partial charge in [0.25, 0.3) is 0 Å². The Balaban J connectivity index is 1.81. The minimum Gasteiger partial charge on any atom is -0.497 e. The number of hydrogen-bond donors (Lipinski definition) is 1. The number of aromatic nitrogens is 1. The van der Waals surface area contributed by atoms with Gasteiger partial charge in [-0.15, -0.1) is 11.3 Å². The third-order valence-electron chi connectivity index (χ3n) is 3.71. The number of hydrogen-bond acceptors (Lipinski definition) is 5. The van der Waals surface area contributed by atoms with Crippen molar-refractivity contribution < 1.29 is 9.47 Å². The van der Waals surface area contributed by atoms with Crippen molar-refractivity contribution in [1.29, 1.82) is 0 Å². The Bertz CT molecular complexity index is 626. The first-order valence-electron chi connectivity index (χ1n) is 7.16. The largest absolute Gasteiger partial charge is 0.497 e. The van der Waals surface area contributed by atoms with Crippen LogP contribution < -0.4 is 14.8 Å². The highest BCUT2D eigenvalue weighted by Crippen LogP contribution is 2.36. The smallest absolute Gasteiger partial charge is 0.124 e. The molecule has 5 heteroatoms. The maximum atomic E-state index is 5.74. The van der Waals surface area contributed by atoms with Crippen molar-refractivity contribution in [2.75, 3.05) is 13.7 Å². The molecule has 21 heavy (non-hydrogen) atoms. The van der Waals surface area contributed by atoms with E-state index < -0.39 is 0 Å². The SMILES string of the molecule is COc1ccc2c(c1)C(NC(C)c1nc(C)cs1)CCO2. The molecular formula is C16H20N2O2S. The molecule has 1 aliphatic heterocycles. The Morgan fingerprint density at radius 1 is 1.48 bits per heavy atom. The minimum atomic E-state index is 0.228. The van der Waals surface area contributed by atoms with Crippen LogP contribution in [0.4, 0.5) is 0 Å². The monoisotopic (exact) mass is 304 g/mol. The van der Waals surface area contributed by atoms with E-state index in [1.165, 1.54) is 5.56 Å². The van der Waals surface area contributed by atoms with Crippen molar-refractivity contribution in [3.05, 3.63) is 39.8 Å². The fourth-order valence-electron chi connectivity index (χ4n) is 2.62. The van der Waals surface area contributed by atoms with Gasteiger partial charge in [-0.2, -0.15) is 0 Å². The summed E-state index contributed by atoms with van der Waals surface area (Å²) >= 11 is 1.71. The second-order valence-electron chi connectivity index (χ2n) is 5.31. The van der Waals surface area contributed by atoms with Crippen molar-refractivity contribution in [1.82, 2.24) is 10.3 Å². The summed E-state index contributed by atoms with van der Waals surface area (Å²) in [6, 6.07) is 6.48. The quantitative estimate of drug-likeness (QED) is 0.936. The van der Waals surface area contributed by atoms with Gasteiger partial charge < -0.3 is 14.8 Å². The van der Waals surface area contributed by atoms with Gasteiger partial charge in [-0.05, 0) is 32.0 Å². The van der Waals surface area contributed by atoms with Gasteiger partial charge in [0, 0.05) is 29.1 Å². The first-order valence-corrected chi connectivity index (χ1v) is 8.04. The first kappa shape index (κ1) is 14.4. The van der Waals surface area contributed by atoms with Gasteiger partial charge in [-0.1, -0.05) is 0 Å². The van der Waals surface area contributed by atoms with E-state index in [0.29, 0.717) is 0 Å². The molecule has 1 aromatic carbocycles. The van der Waals surface area contributed by atoms with Crippen LogP contribution in [0.5, 0.6) is 11.5 Å². The third kappa shape index (κ3) is 3.04. The fraction of sp³-hybridized carbons (Fsp3) is 0.438. The zero-order valence-electron chi connectivity index (χ0n) is 12.6. The molecule has 0 saturated carbocycles. The van der Waals surface area contributed by atoms with Gasteiger partial charge in [0.2, 0.25) is 0 Å². The van der Waals surface area contributed by atoms with Crippen molar-refractivity contribution in [3.63, 3.8) is 0 Å². The Morgan fingerprint density at radius 3 is 3.05 bits per heavy atom. The Labute approximate surface area is 129 Å². The fourth-order valence-corrected chi connectivity index (χ4v) is 3.43. The molecule has 0 spiro atoms. The van der Waals surface area contributed by atoms with Crippen molar-refractivity contribution in [2.24, 2.45) is 0 Å². The summed E-state index contributed by atoms with van der Waals surface area (Å²) < 4.78 is 11.1. The molecular weight excluding hydrogens is 284 g/mol. The van der Waals surface area contributed by atoms with Gasteiger partial charge in [-0.3, -0.25) is 0 Å². The van der Waals surface area contributed by atoms with Gasteiger partial charge >= 0.3 is 0 Å². The number of aryl methyl sites for hydroxylation is 1. The number of thiazole rings is 1. The summed E-state index contributed by atoms with van der Waals surface area (Å²) in [6.07, 6.45) is 0.953. The van der Waals surface area contributed by atoms with Crippen LogP contribution in [-0.4, -0.2) is 18.7 Å². The van der Waals surface area contributed by atoms with E-state index in [2.05, 4.69) is 28.7 Å². The van der Waals surface area contributed by atoms with E-state index in [-0.39, 0.29) is 12.1 Å². The third-order valence-corrected chi connectivity index (χ3v) is 4.86. The Hall–Kier alpha value is -1.59. The first-order chi connectivity index (χ1) is 10.2. The van der Waals surface area contributed by atoms with Crippen LogP contribution in [0.3, 0.4) is 0 Å². The van der Waals surface area contributed by atoms with Gasteiger partial charge in [0.1, 0.15) is 16.5 Å². The molecule has 0 bridgehead atoms. The minimum absolute atomic E-state index is 0.228. The molecule has 1 aliphatic rings. The predicted molar refractivity (Wildman–Crippen MR) is 84.2 cm³/mol. The van der Waals surface area contributed by atoms with Crippen LogP contribution >= 0.6 is 11.3 Å². The second-order valence-corrected chi connectivity index (χ2v) is 6.20. The van der Waals surface area contributed by atoms with Crippen molar-refractivity contribution in [2.45, 2.75) is 32.4 Å². The van der Waals surface area contributed by atoms with E-state index in [0.717, 1.165) is 35.2 Å². The van der Waals surface area contributed by atoms with E-state index in [9.17, 15) is 0 Å². The number of benzene rings is 1. The lowest BCUT2D eigenvalue weighted by molar-refractivity contribution is 0.245. The number of methoxy groups -OCH3 is 1. The number of rotatable bonds is 4. The Kier molecular flexibility index (Phi) is 4.12. The topological polar surface area (TPSA) is 43.4 Å². The number of ether oxygens (including phenoxy) is 2. The van der Waals surface area contributed by atoms with Crippen LogP contribution in [0, 0.1) is 6.92 Å². The lowest BCUT2D eigenvalue weighted by Gasteiger charge is -2.29. The molecule has 0 aliphatic carbocycles. The average Bonchev–Trinajstić information content (AvgIpc) is 2.94. The number of nitrogens with zero attached hydrogens (tertiary/aromatic N) is 1. The summed E-state index contributed by atoms with van der Waals surface area (Å²) in [5.41, 5.74) is 2.25. The van der Waals surface area contributed by atoms with E-state index in [1.54, 1.807) is 18.4 Å². The highest BCUT2D eigenvalue weighted by molar-refractivity contribution is 7.09. The Morgan fingerprint density at radius 2 is 2.33 bits per heavy atom. The predicted octanol–water partition coefficient (Wildman–Crippen LogP) is 3.63. The molecule has 2 heterocycles. The molecule has 1 aromatic heterocycles. The summed E-state index contributed by atoms with van der Waals surface area (Å²) in [5.74, 6) is 1.81. The van der Waals surface area contributed by atoms with Crippen molar-refractivity contribution in [3.8, 4) is 11.5 Å². The zero-order valence-corrected chi connectivity index (χ0v) is 13.4. The molecule has 4 nitrogen and oxygen atoms in total. The highest BCUT2D eigenvalue weighted by atomic mass is 32.1. The molecule has 2 aromatic rings. The second kappa shape index (κ2) is 6.03. The van der Waals surface area contributed by atoms with Crippen LogP contribution in [-0.2, 0) is 0 Å². The summed E-state index contributed by atoms with van der Waals surface area (Å²) in [4.78, 5) is 4.57. The maximum absolute atomic E-state index is 5.74. The van der Waals surface area contributed by atoms with Gasteiger partial charge in [-0.25, -0.2) is 4.98 Å². The molecule has 2 unspecified atom stereocenters. The highest BCUT2D eigenvalue weighted by Gasteiger charge is 2.24. The zero-order chi connectivity index (χ0) is 14.8. The van der Waals surface area contributed by atoms with Crippen molar-refractivity contribution >= 4 is 11.3 Å². The standard InChI is InChI=1S/C16H20N2O2S/c1-10-9-21-16(17-10)11(2)18-14-6-7-20-15-5-4-12(19-3)8-13(14)15/h4-5,8-9,11,14,18H,6-7H2,1-3H3. The number of fused-ring (bicyclic) bond motifs is 1. The summed E-state index contributed by atoms with van der Waals surface area (Å²) in [7, 11) is 1.69. The molecule has 0 radical (unpaired) electrons. The normalized spacial score (nSPS) is 18.7. The van der Waals surface area contributed by atoms with Crippen LogP contribution in [0.1, 0.15) is 41.7 Å². The molecule has 0 fully saturated rings. The molecule has 0 amide bonds. The van der Waals surface area contributed by atoms with Crippen LogP contribution in [0.25, 0.3) is 0 Å². The summed E-state index contributed by atoms with van der Waals surface area (Å²) in [5, 5.41) is 6.89. The maximum Gasteiger partial charge on any atom is 0.124 e. The molecule has 2 atom stereocenters. The molecule has 0 saturated heterocycles. The van der Waals surface area contributed by atoms with Gasteiger partial charge in [0.05, 0.1) is 19.8 Å². The average molecular weight is 304 g/mol. The van der Waals surface area contributed by atoms with E-state index in [4.69, 9.17) is 9.47 Å².